The first kappa shape index (κ1) is 16.0. The highest BCUT2D eigenvalue weighted by molar-refractivity contribution is 5.79. The molecule has 1 saturated heterocycles. The molecule has 0 aliphatic carbocycles. The number of rotatable bonds is 5. The number of hydrogen-bond acceptors (Lipinski definition) is 2. The zero-order chi connectivity index (χ0) is 14.7. The van der Waals surface area contributed by atoms with Crippen molar-refractivity contribution in [3.05, 3.63) is 25.3 Å². The van der Waals surface area contributed by atoms with Gasteiger partial charge in [0, 0.05) is 30.1 Å². The van der Waals surface area contributed by atoms with Crippen molar-refractivity contribution in [2.75, 3.05) is 13.1 Å². The monoisotopic (exact) mass is 264 g/mol. The van der Waals surface area contributed by atoms with Crippen LogP contribution in [0.15, 0.2) is 25.3 Å². The second kappa shape index (κ2) is 5.91. The molecule has 1 aliphatic rings. The Labute approximate surface area is 117 Å². The van der Waals surface area contributed by atoms with Gasteiger partial charge in [0.25, 0.3) is 0 Å². The van der Waals surface area contributed by atoms with Gasteiger partial charge in [0.05, 0.1) is 0 Å². The summed E-state index contributed by atoms with van der Waals surface area (Å²) >= 11 is 0. The molecular formula is C16H28N2O. The molecule has 3 heteroatoms. The molecule has 0 unspecified atom stereocenters. The highest BCUT2D eigenvalue weighted by Crippen LogP contribution is 2.33. The zero-order valence-electron chi connectivity index (χ0n) is 12.8. The van der Waals surface area contributed by atoms with Crippen LogP contribution in [-0.4, -0.2) is 35.0 Å². The van der Waals surface area contributed by atoms with Gasteiger partial charge in [-0.25, -0.2) is 0 Å². The van der Waals surface area contributed by atoms with E-state index in [0.717, 1.165) is 12.8 Å². The van der Waals surface area contributed by atoms with Crippen LogP contribution in [0.5, 0.6) is 0 Å². The second-order valence-electron chi connectivity index (χ2n) is 6.82. The van der Waals surface area contributed by atoms with Crippen LogP contribution >= 0.6 is 0 Å². The summed E-state index contributed by atoms with van der Waals surface area (Å²) in [6.07, 6.45) is 5.30. The van der Waals surface area contributed by atoms with Crippen molar-refractivity contribution in [3.8, 4) is 0 Å². The number of amides is 1. The van der Waals surface area contributed by atoms with Gasteiger partial charge in [-0.1, -0.05) is 12.2 Å². The van der Waals surface area contributed by atoms with Gasteiger partial charge < -0.3 is 10.2 Å². The molecule has 1 fully saturated rings. The predicted octanol–water partition coefficient (Wildman–Crippen LogP) is 2.74. The molecule has 1 rings (SSSR count). The molecule has 108 valence electrons. The smallest absolute Gasteiger partial charge is 0.226 e. The molecule has 0 radical (unpaired) electrons. The molecule has 0 atom stereocenters. The maximum Gasteiger partial charge on any atom is 0.226 e. The summed E-state index contributed by atoms with van der Waals surface area (Å²) in [4.78, 5) is 14.5. The van der Waals surface area contributed by atoms with Crippen LogP contribution in [0.2, 0.25) is 0 Å². The van der Waals surface area contributed by atoms with Crippen molar-refractivity contribution in [3.63, 3.8) is 0 Å². The van der Waals surface area contributed by atoms with Gasteiger partial charge in [0.1, 0.15) is 0 Å². The Bertz CT molecular complexity index is 332. The third-order valence-electron chi connectivity index (χ3n) is 3.55. The Morgan fingerprint density at radius 2 is 1.58 bits per heavy atom. The van der Waals surface area contributed by atoms with E-state index in [-0.39, 0.29) is 22.9 Å². The van der Waals surface area contributed by atoms with Crippen LogP contribution in [0.3, 0.4) is 0 Å². The van der Waals surface area contributed by atoms with Crippen molar-refractivity contribution >= 4 is 5.91 Å². The van der Waals surface area contributed by atoms with Crippen LogP contribution in [0.4, 0.5) is 0 Å². The fourth-order valence-corrected chi connectivity index (χ4v) is 3.32. The molecule has 0 bridgehead atoms. The average molecular weight is 264 g/mol. The molecule has 19 heavy (non-hydrogen) atoms. The minimum Gasteiger partial charge on any atom is -0.335 e. The van der Waals surface area contributed by atoms with Crippen molar-refractivity contribution in [2.24, 2.45) is 5.92 Å². The Morgan fingerprint density at radius 1 is 1.16 bits per heavy atom. The fourth-order valence-electron chi connectivity index (χ4n) is 3.32. The fraction of sp³-hybridized carbons (Fsp3) is 0.688. The highest BCUT2D eigenvalue weighted by atomic mass is 16.2. The Kier molecular flexibility index (Phi) is 4.97. The molecule has 3 nitrogen and oxygen atoms in total. The van der Waals surface area contributed by atoms with Gasteiger partial charge in [0.2, 0.25) is 5.91 Å². The standard InChI is InChI=1S/C16H28N2O/c1-7-9-18(10-8-2)14(19)13-11-15(3,4)17-16(5,6)12-13/h7-8,13,17H,1-2,9-12H2,3-6H3. The molecule has 0 saturated carbocycles. The third kappa shape index (κ3) is 4.50. The lowest BCUT2D eigenvalue weighted by atomic mass is 9.75. The van der Waals surface area contributed by atoms with E-state index < -0.39 is 0 Å². The van der Waals surface area contributed by atoms with Crippen LogP contribution in [0.1, 0.15) is 40.5 Å². The Morgan fingerprint density at radius 3 is 1.95 bits per heavy atom. The SMILES string of the molecule is C=CCN(CC=C)C(=O)C1CC(C)(C)NC(C)(C)C1. The van der Waals surface area contributed by atoms with Crippen molar-refractivity contribution in [2.45, 2.75) is 51.6 Å². The van der Waals surface area contributed by atoms with Crippen LogP contribution in [0.25, 0.3) is 0 Å². The van der Waals surface area contributed by atoms with Gasteiger partial charge >= 0.3 is 0 Å². The summed E-state index contributed by atoms with van der Waals surface area (Å²) in [7, 11) is 0. The molecule has 1 heterocycles. The number of nitrogens with zero attached hydrogens (tertiary/aromatic N) is 1. The number of carbonyl (C=O) groups is 1. The van der Waals surface area contributed by atoms with Crippen molar-refractivity contribution in [1.82, 2.24) is 10.2 Å². The maximum atomic E-state index is 12.7. The molecule has 1 N–H and O–H groups in total. The van der Waals surface area contributed by atoms with Gasteiger partial charge in [-0.15, -0.1) is 13.2 Å². The lowest BCUT2D eigenvalue weighted by Gasteiger charge is -2.46. The normalized spacial score (nSPS) is 21.7. The number of carbonyl (C=O) groups excluding carboxylic acids is 1. The van der Waals surface area contributed by atoms with E-state index in [1.807, 2.05) is 4.90 Å². The largest absolute Gasteiger partial charge is 0.335 e. The Balaban J connectivity index is 2.84. The topological polar surface area (TPSA) is 32.3 Å². The molecule has 0 aromatic heterocycles. The first-order chi connectivity index (χ1) is 8.71. The lowest BCUT2D eigenvalue weighted by molar-refractivity contribution is -0.137. The summed E-state index contributed by atoms with van der Waals surface area (Å²) in [6.45, 7) is 17.3. The predicted molar refractivity (Wildman–Crippen MR) is 81.0 cm³/mol. The summed E-state index contributed by atoms with van der Waals surface area (Å²) in [6, 6.07) is 0. The molecule has 0 aromatic carbocycles. The minimum atomic E-state index is -0.00386. The van der Waals surface area contributed by atoms with E-state index in [1.54, 1.807) is 12.2 Å². The molecule has 0 aromatic rings. The Hall–Kier alpha value is -1.09. The van der Waals surface area contributed by atoms with E-state index in [1.165, 1.54) is 0 Å². The van der Waals surface area contributed by atoms with E-state index in [9.17, 15) is 4.79 Å². The van der Waals surface area contributed by atoms with Crippen LogP contribution < -0.4 is 5.32 Å². The summed E-state index contributed by atoms with van der Waals surface area (Å²) in [5.74, 6) is 0.300. The first-order valence-electron chi connectivity index (χ1n) is 7.01. The van der Waals surface area contributed by atoms with Crippen molar-refractivity contribution < 1.29 is 4.79 Å². The number of hydrogen-bond donors (Lipinski definition) is 1. The highest BCUT2D eigenvalue weighted by Gasteiger charge is 2.41. The average Bonchev–Trinajstić information content (AvgIpc) is 2.23. The maximum absolute atomic E-state index is 12.7. The molecule has 0 spiro atoms. The van der Waals surface area contributed by atoms with Gasteiger partial charge in [-0.2, -0.15) is 0 Å². The van der Waals surface area contributed by atoms with Crippen molar-refractivity contribution in [1.29, 1.82) is 0 Å². The zero-order valence-corrected chi connectivity index (χ0v) is 12.8. The minimum absolute atomic E-state index is 0.00386. The van der Waals surface area contributed by atoms with E-state index >= 15 is 0 Å². The van der Waals surface area contributed by atoms with Gasteiger partial charge in [-0.3, -0.25) is 4.79 Å². The summed E-state index contributed by atoms with van der Waals surface area (Å²) in [5.41, 5.74) is -0.00773. The lowest BCUT2D eigenvalue weighted by Crippen LogP contribution is -2.60. The molecule has 1 amide bonds. The van der Waals surface area contributed by atoms with Crippen LogP contribution in [0, 0.1) is 5.92 Å². The number of nitrogens with one attached hydrogen (secondary N) is 1. The van der Waals surface area contributed by atoms with Gasteiger partial charge in [0.15, 0.2) is 0 Å². The first-order valence-corrected chi connectivity index (χ1v) is 7.01. The van der Waals surface area contributed by atoms with E-state index in [0.29, 0.717) is 13.1 Å². The summed E-state index contributed by atoms with van der Waals surface area (Å²) in [5, 5.41) is 3.61. The van der Waals surface area contributed by atoms with Gasteiger partial charge in [-0.05, 0) is 40.5 Å². The quantitative estimate of drug-likeness (QED) is 0.774. The van der Waals surface area contributed by atoms with E-state index in [4.69, 9.17) is 0 Å². The summed E-state index contributed by atoms with van der Waals surface area (Å²) < 4.78 is 0. The molecular weight excluding hydrogens is 236 g/mol. The third-order valence-corrected chi connectivity index (χ3v) is 3.55. The van der Waals surface area contributed by atoms with E-state index in [2.05, 4.69) is 46.2 Å². The molecule has 1 aliphatic heterocycles. The van der Waals surface area contributed by atoms with Crippen LogP contribution in [-0.2, 0) is 4.79 Å². The number of piperidine rings is 1. The second-order valence-corrected chi connectivity index (χ2v) is 6.82.